The molecule has 2 unspecified atom stereocenters. The van der Waals surface area contributed by atoms with E-state index in [0.29, 0.717) is 6.04 Å². The highest BCUT2D eigenvalue weighted by molar-refractivity contribution is 5.83. The standard InChI is InChI=1S/C16H21FN4/c1-10-7-14(10)21-16(18-2)19-6-5-11-9-20-15-8-12(17)3-4-13(11)15/h3-4,8-10,14,20H,5-7H2,1-2H3,(H2,18,19,21). The number of fused-ring (bicyclic) bond motifs is 1. The molecule has 0 aliphatic heterocycles. The van der Waals surface area contributed by atoms with Crippen LogP contribution in [0.25, 0.3) is 10.9 Å². The number of halogens is 1. The number of benzene rings is 1. The zero-order chi connectivity index (χ0) is 14.8. The van der Waals surface area contributed by atoms with Crippen LogP contribution in [-0.4, -0.2) is 30.6 Å². The second-order valence-corrected chi connectivity index (χ2v) is 5.72. The van der Waals surface area contributed by atoms with E-state index in [2.05, 4.69) is 27.5 Å². The molecule has 3 rings (SSSR count). The van der Waals surface area contributed by atoms with Gasteiger partial charge in [0.15, 0.2) is 5.96 Å². The minimum Gasteiger partial charge on any atom is -0.361 e. The van der Waals surface area contributed by atoms with Gasteiger partial charge in [0.25, 0.3) is 0 Å². The third kappa shape index (κ3) is 3.17. The number of hydrogen-bond acceptors (Lipinski definition) is 1. The smallest absolute Gasteiger partial charge is 0.191 e. The Labute approximate surface area is 123 Å². The van der Waals surface area contributed by atoms with Crippen molar-refractivity contribution in [2.24, 2.45) is 10.9 Å². The van der Waals surface area contributed by atoms with E-state index in [0.717, 1.165) is 35.7 Å². The van der Waals surface area contributed by atoms with Crippen LogP contribution < -0.4 is 10.6 Å². The van der Waals surface area contributed by atoms with Gasteiger partial charge in [-0.1, -0.05) is 6.92 Å². The lowest BCUT2D eigenvalue weighted by molar-refractivity contribution is 0.629. The molecular formula is C16H21FN4. The number of nitrogens with one attached hydrogen (secondary N) is 3. The van der Waals surface area contributed by atoms with Crippen molar-refractivity contribution in [3.05, 3.63) is 35.8 Å². The number of hydrogen-bond donors (Lipinski definition) is 3. The summed E-state index contributed by atoms with van der Waals surface area (Å²) in [6.45, 7) is 3.03. The summed E-state index contributed by atoms with van der Waals surface area (Å²) < 4.78 is 13.2. The number of guanidine groups is 1. The average Bonchev–Trinajstić information content (AvgIpc) is 3.02. The van der Waals surface area contributed by atoms with E-state index in [9.17, 15) is 4.39 Å². The molecule has 0 radical (unpaired) electrons. The van der Waals surface area contributed by atoms with Crippen molar-refractivity contribution in [1.82, 2.24) is 15.6 Å². The summed E-state index contributed by atoms with van der Waals surface area (Å²) in [7, 11) is 1.79. The van der Waals surface area contributed by atoms with Gasteiger partial charge >= 0.3 is 0 Å². The van der Waals surface area contributed by atoms with Crippen LogP contribution in [0, 0.1) is 11.7 Å². The van der Waals surface area contributed by atoms with Crippen LogP contribution in [0.5, 0.6) is 0 Å². The lowest BCUT2D eigenvalue weighted by Crippen LogP contribution is -2.39. The van der Waals surface area contributed by atoms with E-state index < -0.39 is 0 Å². The van der Waals surface area contributed by atoms with E-state index in [1.807, 2.05) is 12.3 Å². The van der Waals surface area contributed by atoms with Crippen LogP contribution in [0.4, 0.5) is 4.39 Å². The molecule has 1 aromatic heterocycles. The first-order chi connectivity index (χ1) is 10.2. The maximum Gasteiger partial charge on any atom is 0.191 e. The summed E-state index contributed by atoms with van der Waals surface area (Å²) in [4.78, 5) is 7.35. The molecule has 1 aromatic carbocycles. The topological polar surface area (TPSA) is 52.2 Å². The first kappa shape index (κ1) is 13.9. The predicted octanol–water partition coefficient (Wildman–Crippen LogP) is 2.42. The molecule has 1 aliphatic carbocycles. The fraction of sp³-hybridized carbons (Fsp3) is 0.438. The molecule has 5 heteroatoms. The highest BCUT2D eigenvalue weighted by Crippen LogP contribution is 2.28. The van der Waals surface area contributed by atoms with Crippen LogP contribution in [0.2, 0.25) is 0 Å². The molecule has 0 saturated heterocycles. The van der Waals surface area contributed by atoms with Crippen LogP contribution in [0.1, 0.15) is 18.9 Å². The van der Waals surface area contributed by atoms with E-state index in [1.54, 1.807) is 7.05 Å². The second-order valence-electron chi connectivity index (χ2n) is 5.72. The van der Waals surface area contributed by atoms with Gasteiger partial charge in [-0.25, -0.2) is 4.39 Å². The van der Waals surface area contributed by atoms with Crippen LogP contribution >= 0.6 is 0 Å². The van der Waals surface area contributed by atoms with E-state index >= 15 is 0 Å². The van der Waals surface area contributed by atoms with Crippen molar-refractivity contribution in [2.75, 3.05) is 13.6 Å². The molecule has 4 nitrogen and oxygen atoms in total. The number of aliphatic imine (C=N–C) groups is 1. The molecule has 0 spiro atoms. The molecule has 21 heavy (non-hydrogen) atoms. The maximum absolute atomic E-state index is 13.2. The Bertz CT molecular complexity index is 661. The lowest BCUT2D eigenvalue weighted by Gasteiger charge is -2.11. The first-order valence-electron chi connectivity index (χ1n) is 7.40. The van der Waals surface area contributed by atoms with Gasteiger partial charge in [0.05, 0.1) is 0 Å². The maximum atomic E-state index is 13.2. The molecular weight excluding hydrogens is 267 g/mol. The Balaban J connectivity index is 1.56. The fourth-order valence-electron chi connectivity index (χ4n) is 2.57. The van der Waals surface area contributed by atoms with Crippen LogP contribution in [-0.2, 0) is 6.42 Å². The third-order valence-electron chi connectivity index (χ3n) is 4.07. The molecule has 1 saturated carbocycles. The van der Waals surface area contributed by atoms with Crippen molar-refractivity contribution in [3.63, 3.8) is 0 Å². The predicted molar refractivity (Wildman–Crippen MR) is 84.0 cm³/mol. The molecule has 112 valence electrons. The largest absolute Gasteiger partial charge is 0.361 e. The Morgan fingerprint density at radius 3 is 3.00 bits per heavy atom. The zero-order valence-corrected chi connectivity index (χ0v) is 12.4. The Morgan fingerprint density at radius 2 is 2.29 bits per heavy atom. The Hall–Kier alpha value is -2.04. The van der Waals surface area contributed by atoms with Crippen molar-refractivity contribution in [3.8, 4) is 0 Å². The lowest BCUT2D eigenvalue weighted by atomic mass is 10.1. The van der Waals surface area contributed by atoms with Gasteiger partial charge in [0.2, 0.25) is 0 Å². The number of rotatable bonds is 4. The van der Waals surface area contributed by atoms with Gasteiger partial charge in [-0.2, -0.15) is 0 Å². The fourth-order valence-corrected chi connectivity index (χ4v) is 2.57. The van der Waals surface area contributed by atoms with Gasteiger partial charge in [0, 0.05) is 36.7 Å². The molecule has 0 amide bonds. The monoisotopic (exact) mass is 288 g/mol. The summed E-state index contributed by atoms with van der Waals surface area (Å²) >= 11 is 0. The molecule has 0 bridgehead atoms. The average molecular weight is 288 g/mol. The Morgan fingerprint density at radius 1 is 1.48 bits per heavy atom. The molecule has 2 atom stereocenters. The van der Waals surface area contributed by atoms with Crippen molar-refractivity contribution >= 4 is 16.9 Å². The highest BCUT2D eigenvalue weighted by atomic mass is 19.1. The van der Waals surface area contributed by atoms with Gasteiger partial charge < -0.3 is 15.6 Å². The quantitative estimate of drug-likeness (QED) is 0.598. The Kier molecular flexibility index (Phi) is 3.82. The van der Waals surface area contributed by atoms with E-state index in [4.69, 9.17) is 0 Å². The van der Waals surface area contributed by atoms with E-state index in [1.165, 1.54) is 24.1 Å². The van der Waals surface area contributed by atoms with Gasteiger partial charge in [-0.3, -0.25) is 4.99 Å². The summed E-state index contributed by atoms with van der Waals surface area (Å²) in [5.41, 5.74) is 2.03. The number of nitrogens with zero attached hydrogens (tertiary/aromatic N) is 1. The minimum absolute atomic E-state index is 0.211. The third-order valence-corrected chi connectivity index (χ3v) is 4.07. The number of H-pyrrole nitrogens is 1. The van der Waals surface area contributed by atoms with E-state index in [-0.39, 0.29) is 5.82 Å². The summed E-state index contributed by atoms with van der Waals surface area (Å²) in [6, 6.07) is 5.42. The van der Waals surface area contributed by atoms with Crippen LogP contribution in [0.15, 0.2) is 29.4 Å². The molecule has 1 heterocycles. The highest BCUT2D eigenvalue weighted by Gasteiger charge is 2.33. The minimum atomic E-state index is -0.211. The van der Waals surface area contributed by atoms with Crippen molar-refractivity contribution in [2.45, 2.75) is 25.8 Å². The van der Waals surface area contributed by atoms with Gasteiger partial charge in [0.1, 0.15) is 5.82 Å². The number of aromatic nitrogens is 1. The summed E-state index contributed by atoms with van der Waals surface area (Å²) in [5, 5.41) is 7.80. The number of aromatic amines is 1. The normalized spacial score (nSPS) is 21.6. The van der Waals surface area contributed by atoms with Crippen LogP contribution in [0.3, 0.4) is 0 Å². The molecule has 3 N–H and O–H groups in total. The molecule has 2 aromatic rings. The van der Waals surface area contributed by atoms with Crippen molar-refractivity contribution < 1.29 is 4.39 Å². The summed E-state index contributed by atoms with van der Waals surface area (Å²) in [6.07, 6.45) is 4.03. The molecule has 1 fully saturated rings. The van der Waals surface area contributed by atoms with Crippen molar-refractivity contribution in [1.29, 1.82) is 0 Å². The zero-order valence-electron chi connectivity index (χ0n) is 12.4. The first-order valence-corrected chi connectivity index (χ1v) is 7.40. The summed E-state index contributed by atoms with van der Waals surface area (Å²) in [5.74, 6) is 1.39. The van der Waals surface area contributed by atoms with Gasteiger partial charge in [-0.05, 0) is 42.5 Å². The second kappa shape index (κ2) is 5.76. The van der Waals surface area contributed by atoms with Gasteiger partial charge in [-0.15, -0.1) is 0 Å². The molecule has 1 aliphatic rings. The SMILES string of the molecule is CN=C(NCCc1c[nH]c2cc(F)ccc12)NC1CC1C.